The van der Waals surface area contributed by atoms with Crippen LogP contribution < -0.4 is 5.32 Å². The Balaban J connectivity index is 1.37. The Morgan fingerprint density at radius 3 is 2.56 bits per heavy atom. The van der Waals surface area contributed by atoms with E-state index in [1.807, 2.05) is 12.1 Å². The molecule has 2 fully saturated rings. The van der Waals surface area contributed by atoms with Crippen LogP contribution in [-0.4, -0.2) is 23.3 Å². The van der Waals surface area contributed by atoms with Crippen LogP contribution in [0.5, 0.6) is 0 Å². The quantitative estimate of drug-likeness (QED) is 0.611. The summed E-state index contributed by atoms with van der Waals surface area (Å²) in [7, 11) is 0. The van der Waals surface area contributed by atoms with Gasteiger partial charge in [0.2, 0.25) is 0 Å². The molecule has 0 atom stereocenters. The first-order chi connectivity index (χ1) is 8.83. The van der Waals surface area contributed by atoms with E-state index in [4.69, 9.17) is 11.6 Å². The van der Waals surface area contributed by atoms with Crippen LogP contribution in [0.1, 0.15) is 25.7 Å². The molecule has 1 aromatic rings. The van der Waals surface area contributed by atoms with Gasteiger partial charge >= 0.3 is 0 Å². The SMILES string of the molecule is Clc1ccc(SCCNC(C2CC2)C2CC2)nc1. The van der Waals surface area contributed by atoms with Gasteiger partial charge < -0.3 is 5.32 Å². The summed E-state index contributed by atoms with van der Waals surface area (Å²) >= 11 is 7.62. The molecule has 0 amide bonds. The predicted octanol–water partition coefficient (Wildman–Crippen LogP) is 3.61. The summed E-state index contributed by atoms with van der Waals surface area (Å²) in [6, 6.07) is 4.71. The standard InChI is InChI=1S/C14H19ClN2S/c15-12-5-6-13(17-9-12)18-8-7-16-14(10-1-2-10)11-3-4-11/h5-6,9-11,14,16H,1-4,7-8H2. The fraction of sp³-hybridized carbons (Fsp3) is 0.643. The second-order valence-electron chi connectivity index (χ2n) is 5.32. The molecule has 1 aromatic heterocycles. The largest absolute Gasteiger partial charge is 0.313 e. The van der Waals surface area contributed by atoms with Crippen molar-refractivity contribution in [2.45, 2.75) is 36.8 Å². The van der Waals surface area contributed by atoms with Crippen molar-refractivity contribution in [2.24, 2.45) is 11.8 Å². The zero-order valence-corrected chi connectivity index (χ0v) is 12.0. The number of nitrogens with one attached hydrogen (secondary N) is 1. The van der Waals surface area contributed by atoms with Gasteiger partial charge in [0.25, 0.3) is 0 Å². The lowest BCUT2D eigenvalue weighted by Crippen LogP contribution is -2.34. The molecule has 3 rings (SSSR count). The van der Waals surface area contributed by atoms with Crippen LogP contribution in [0.15, 0.2) is 23.4 Å². The lowest BCUT2D eigenvalue weighted by Gasteiger charge is -2.17. The highest BCUT2D eigenvalue weighted by Gasteiger charge is 2.40. The molecule has 0 aromatic carbocycles. The highest BCUT2D eigenvalue weighted by atomic mass is 35.5. The van der Waals surface area contributed by atoms with Crippen molar-refractivity contribution in [1.82, 2.24) is 10.3 Å². The zero-order chi connectivity index (χ0) is 12.4. The lowest BCUT2D eigenvalue weighted by atomic mass is 10.1. The Labute approximate surface area is 118 Å². The van der Waals surface area contributed by atoms with E-state index in [1.54, 1.807) is 18.0 Å². The van der Waals surface area contributed by atoms with Crippen LogP contribution in [-0.2, 0) is 0 Å². The molecule has 0 saturated heterocycles. The van der Waals surface area contributed by atoms with E-state index in [0.29, 0.717) is 5.02 Å². The minimum absolute atomic E-state index is 0.708. The molecule has 0 radical (unpaired) electrons. The molecule has 0 aliphatic heterocycles. The first kappa shape index (κ1) is 12.8. The molecule has 18 heavy (non-hydrogen) atoms. The summed E-state index contributed by atoms with van der Waals surface area (Å²) in [4.78, 5) is 4.29. The number of pyridine rings is 1. The number of aromatic nitrogens is 1. The summed E-state index contributed by atoms with van der Waals surface area (Å²) in [5.41, 5.74) is 0. The molecule has 4 heteroatoms. The molecule has 2 aliphatic rings. The van der Waals surface area contributed by atoms with Crippen LogP contribution in [0.3, 0.4) is 0 Å². The van der Waals surface area contributed by atoms with Crippen molar-refractivity contribution in [1.29, 1.82) is 0 Å². The van der Waals surface area contributed by atoms with Crippen molar-refractivity contribution in [2.75, 3.05) is 12.3 Å². The van der Waals surface area contributed by atoms with Crippen molar-refractivity contribution < 1.29 is 0 Å². The molecule has 2 saturated carbocycles. The van der Waals surface area contributed by atoms with Crippen LogP contribution in [0.25, 0.3) is 0 Å². The maximum absolute atomic E-state index is 5.81. The number of hydrogen-bond donors (Lipinski definition) is 1. The number of halogens is 1. The van der Waals surface area contributed by atoms with Crippen LogP contribution >= 0.6 is 23.4 Å². The molecule has 1 heterocycles. The van der Waals surface area contributed by atoms with Gasteiger partial charge in [0.05, 0.1) is 10.0 Å². The van der Waals surface area contributed by atoms with E-state index < -0.39 is 0 Å². The summed E-state index contributed by atoms with van der Waals surface area (Å²) in [6.07, 6.45) is 7.49. The Morgan fingerprint density at radius 2 is 2.00 bits per heavy atom. The first-order valence-corrected chi connectivity index (χ1v) is 8.17. The Hall–Kier alpha value is -0.250. The van der Waals surface area contributed by atoms with Gasteiger partial charge in [0, 0.05) is 24.5 Å². The van der Waals surface area contributed by atoms with E-state index >= 15 is 0 Å². The molecule has 2 nitrogen and oxygen atoms in total. The third-order valence-electron chi connectivity index (χ3n) is 3.69. The van der Waals surface area contributed by atoms with Gasteiger partial charge in [-0.05, 0) is 49.7 Å². The van der Waals surface area contributed by atoms with Crippen molar-refractivity contribution in [3.05, 3.63) is 23.4 Å². The molecule has 0 unspecified atom stereocenters. The zero-order valence-electron chi connectivity index (χ0n) is 10.4. The van der Waals surface area contributed by atoms with E-state index in [9.17, 15) is 0 Å². The molecular weight excluding hydrogens is 264 g/mol. The fourth-order valence-electron chi connectivity index (χ4n) is 2.46. The maximum atomic E-state index is 5.81. The van der Waals surface area contributed by atoms with Crippen molar-refractivity contribution in [3.63, 3.8) is 0 Å². The normalized spacial score (nSPS) is 19.4. The lowest BCUT2D eigenvalue weighted by molar-refractivity contribution is 0.429. The number of hydrogen-bond acceptors (Lipinski definition) is 3. The van der Waals surface area contributed by atoms with Gasteiger partial charge in [0.1, 0.15) is 0 Å². The summed E-state index contributed by atoms with van der Waals surface area (Å²) in [5, 5.41) is 5.52. The number of nitrogens with zero attached hydrogens (tertiary/aromatic N) is 1. The summed E-state index contributed by atoms with van der Waals surface area (Å²) < 4.78 is 0. The second-order valence-corrected chi connectivity index (χ2v) is 6.87. The minimum Gasteiger partial charge on any atom is -0.313 e. The van der Waals surface area contributed by atoms with Crippen LogP contribution in [0.2, 0.25) is 5.02 Å². The number of thioether (sulfide) groups is 1. The summed E-state index contributed by atoms with van der Waals surface area (Å²) in [5.74, 6) is 3.05. The van der Waals surface area contributed by atoms with Gasteiger partial charge in [-0.25, -0.2) is 4.98 Å². The maximum Gasteiger partial charge on any atom is 0.0961 e. The van der Waals surface area contributed by atoms with Gasteiger partial charge in [-0.15, -0.1) is 11.8 Å². The molecular formula is C14H19ClN2S. The number of rotatable bonds is 7. The highest BCUT2D eigenvalue weighted by molar-refractivity contribution is 7.99. The van der Waals surface area contributed by atoms with E-state index in [0.717, 1.165) is 35.2 Å². The smallest absolute Gasteiger partial charge is 0.0961 e. The van der Waals surface area contributed by atoms with E-state index in [2.05, 4.69) is 10.3 Å². The Bertz CT molecular complexity index is 375. The van der Waals surface area contributed by atoms with Crippen molar-refractivity contribution >= 4 is 23.4 Å². The monoisotopic (exact) mass is 282 g/mol. The third kappa shape index (κ3) is 3.62. The first-order valence-electron chi connectivity index (χ1n) is 6.80. The van der Waals surface area contributed by atoms with E-state index in [-0.39, 0.29) is 0 Å². The van der Waals surface area contributed by atoms with Gasteiger partial charge in [-0.2, -0.15) is 0 Å². The Morgan fingerprint density at radius 1 is 1.28 bits per heavy atom. The Kier molecular flexibility index (Phi) is 4.12. The van der Waals surface area contributed by atoms with Gasteiger partial charge in [-0.3, -0.25) is 0 Å². The molecule has 2 aliphatic carbocycles. The molecule has 1 N–H and O–H groups in total. The molecule has 0 spiro atoms. The fourth-order valence-corrected chi connectivity index (χ4v) is 3.29. The molecule has 98 valence electrons. The topological polar surface area (TPSA) is 24.9 Å². The average molecular weight is 283 g/mol. The van der Waals surface area contributed by atoms with Crippen LogP contribution in [0, 0.1) is 11.8 Å². The van der Waals surface area contributed by atoms with Gasteiger partial charge in [-0.1, -0.05) is 11.6 Å². The second kappa shape index (κ2) is 5.81. The van der Waals surface area contributed by atoms with Crippen molar-refractivity contribution in [3.8, 4) is 0 Å². The molecule has 0 bridgehead atoms. The summed E-state index contributed by atoms with van der Waals surface area (Å²) in [6.45, 7) is 1.09. The average Bonchev–Trinajstić information content (AvgIpc) is 3.25. The third-order valence-corrected chi connectivity index (χ3v) is 4.86. The van der Waals surface area contributed by atoms with E-state index in [1.165, 1.54) is 25.7 Å². The van der Waals surface area contributed by atoms with Crippen LogP contribution in [0.4, 0.5) is 0 Å². The minimum atomic E-state index is 0.708. The van der Waals surface area contributed by atoms with Gasteiger partial charge in [0.15, 0.2) is 0 Å². The highest BCUT2D eigenvalue weighted by Crippen LogP contribution is 2.44. The predicted molar refractivity (Wildman–Crippen MR) is 77.2 cm³/mol.